The van der Waals surface area contributed by atoms with Crippen LogP contribution >= 0.6 is 0 Å². The average molecular weight is 358 g/mol. The minimum Gasteiger partial charge on any atom is -0.483 e. The van der Waals surface area contributed by atoms with Crippen molar-refractivity contribution in [1.29, 1.82) is 0 Å². The summed E-state index contributed by atoms with van der Waals surface area (Å²) in [6, 6.07) is 7.54. The molecule has 0 bridgehead atoms. The van der Waals surface area contributed by atoms with Crippen LogP contribution in [0.4, 0.5) is 0 Å². The number of amides is 2. The van der Waals surface area contributed by atoms with Crippen LogP contribution in [0.15, 0.2) is 24.3 Å². The van der Waals surface area contributed by atoms with Crippen molar-refractivity contribution in [2.24, 2.45) is 0 Å². The summed E-state index contributed by atoms with van der Waals surface area (Å²) in [6.45, 7) is 4.52. The summed E-state index contributed by atoms with van der Waals surface area (Å²) in [5, 5.41) is 0. The van der Waals surface area contributed by atoms with Gasteiger partial charge in [0.2, 0.25) is 0 Å². The summed E-state index contributed by atoms with van der Waals surface area (Å²) in [7, 11) is 0. The highest BCUT2D eigenvalue weighted by Crippen LogP contribution is 2.24. The number of carbonyl (C=O) groups is 2. The number of benzene rings is 1. The highest BCUT2D eigenvalue weighted by atomic mass is 16.5. The summed E-state index contributed by atoms with van der Waals surface area (Å²) in [5.41, 5.74) is 0.560. The lowest BCUT2D eigenvalue weighted by molar-refractivity contribution is -0.133. The van der Waals surface area contributed by atoms with E-state index in [0.29, 0.717) is 11.3 Å². The van der Waals surface area contributed by atoms with Crippen molar-refractivity contribution in [3.8, 4) is 5.75 Å². The Labute approximate surface area is 156 Å². The molecule has 0 aromatic heterocycles. The predicted molar refractivity (Wildman–Crippen MR) is 101 cm³/mol. The second-order valence-corrected chi connectivity index (χ2v) is 7.42. The number of carbonyl (C=O) groups excluding carboxylic acids is 2. The third-order valence-corrected chi connectivity index (χ3v) is 5.49. The van der Waals surface area contributed by atoms with Crippen molar-refractivity contribution in [2.45, 2.75) is 57.9 Å². The maximum absolute atomic E-state index is 13.0. The van der Waals surface area contributed by atoms with Crippen molar-refractivity contribution in [3.05, 3.63) is 29.8 Å². The standard InChI is InChI=1S/C21H30N2O3/c1-17-10-6-9-15-23(17)21(25)18-11-4-5-12-19(18)26-16-20(24)22-13-7-2-3-8-14-22/h4-5,11-12,17H,2-3,6-10,13-16H2,1H3. The van der Waals surface area contributed by atoms with E-state index in [9.17, 15) is 9.59 Å². The molecule has 1 aromatic rings. The number of hydrogen-bond donors (Lipinski definition) is 0. The van der Waals surface area contributed by atoms with Crippen LogP contribution in [0.3, 0.4) is 0 Å². The van der Waals surface area contributed by atoms with Gasteiger partial charge in [-0.1, -0.05) is 25.0 Å². The molecular formula is C21H30N2O3. The van der Waals surface area contributed by atoms with Crippen molar-refractivity contribution in [2.75, 3.05) is 26.2 Å². The quantitative estimate of drug-likeness (QED) is 0.828. The monoisotopic (exact) mass is 358 g/mol. The lowest BCUT2D eigenvalue weighted by Gasteiger charge is -2.33. The molecule has 2 aliphatic heterocycles. The Bertz CT molecular complexity index is 623. The van der Waals surface area contributed by atoms with Crippen molar-refractivity contribution in [1.82, 2.24) is 9.80 Å². The fraction of sp³-hybridized carbons (Fsp3) is 0.619. The minimum absolute atomic E-state index is 0.000152. The van der Waals surface area contributed by atoms with Crippen LogP contribution in [-0.2, 0) is 4.79 Å². The number of para-hydroxylation sites is 1. The maximum atomic E-state index is 13.0. The van der Waals surface area contributed by atoms with Gasteiger partial charge in [-0.15, -0.1) is 0 Å². The molecule has 0 N–H and O–H groups in total. The van der Waals surface area contributed by atoms with E-state index in [2.05, 4.69) is 6.92 Å². The molecular weight excluding hydrogens is 328 g/mol. The third kappa shape index (κ3) is 4.57. The normalized spacial score (nSPS) is 21.2. The Morgan fingerprint density at radius 2 is 1.69 bits per heavy atom. The Morgan fingerprint density at radius 3 is 2.42 bits per heavy atom. The topological polar surface area (TPSA) is 49.9 Å². The summed E-state index contributed by atoms with van der Waals surface area (Å²) in [6.07, 6.45) is 7.77. The molecule has 2 fully saturated rings. The highest BCUT2D eigenvalue weighted by molar-refractivity contribution is 5.97. The first kappa shape index (κ1) is 18.7. The maximum Gasteiger partial charge on any atom is 0.260 e. The van der Waals surface area contributed by atoms with Gasteiger partial charge in [-0.05, 0) is 51.2 Å². The number of nitrogens with zero attached hydrogens (tertiary/aromatic N) is 2. The first-order chi connectivity index (χ1) is 12.7. The number of likely N-dealkylation sites (tertiary alicyclic amines) is 2. The van der Waals surface area contributed by atoms with Crippen LogP contribution in [0.1, 0.15) is 62.2 Å². The fourth-order valence-corrected chi connectivity index (χ4v) is 3.87. The van der Waals surface area contributed by atoms with Gasteiger partial charge in [-0.2, -0.15) is 0 Å². The summed E-state index contributed by atoms with van der Waals surface area (Å²) >= 11 is 0. The van der Waals surface area contributed by atoms with E-state index in [0.717, 1.165) is 45.3 Å². The van der Waals surface area contributed by atoms with Gasteiger partial charge in [0.05, 0.1) is 5.56 Å². The van der Waals surface area contributed by atoms with Crippen molar-refractivity contribution < 1.29 is 14.3 Å². The molecule has 1 unspecified atom stereocenters. The molecule has 2 amide bonds. The van der Waals surface area contributed by atoms with Crippen LogP contribution in [0.5, 0.6) is 5.75 Å². The largest absolute Gasteiger partial charge is 0.483 e. The zero-order chi connectivity index (χ0) is 18.4. The molecule has 2 saturated heterocycles. The van der Waals surface area contributed by atoms with E-state index >= 15 is 0 Å². The van der Waals surface area contributed by atoms with E-state index in [1.807, 2.05) is 21.9 Å². The van der Waals surface area contributed by atoms with Gasteiger partial charge in [-0.25, -0.2) is 0 Å². The molecule has 1 aromatic carbocycles. The molecule has 0 aliphatic carbocycles. The van der Waals surface area contributed by atoms with Crippen LogP contribution in [0.2, 0.25) is 0 Å². The second kappa shape index (κ2) is 9.06. The molecule has 0 radical (unpaired) electrons. The molecule has 5 nitrogen and oxygen atoms in total. The minimum atomic E-state index is -0.000152. The van der Waals surface area contributed by atoms with E-state index in [1.165, 1.54) is 19.3 Å². The first-order valence-corrected chi connectivity index (χ1v) is 9.97. The third-order valence-electron chi connectivity index (χ3n) is 5.49. The lowest BCUT2D eigenvalue weighted by atomic mass is 10.0. The highest BCUT2D eigenvalue weighted by Gasteiger charge is 2.26. The summed E-state index contributed by atoms with van der Waals surface area (Å²) in [5.74, 6) is 0.536. The summed E-state index contributed by atoms with van der Waals surface area (Å²) in [4.78, 5) is 29.3. The van der Waals surface area contributed by atoms with Gasteiger partial charge in [0.25, 0.3) is 11.8 Å². The van der Waals surface area contributed by atoms with E-state index in [4.69, 9.17) is 4.74 Å². The molecule has 2 heterocycles. The van der Waals surface area contributed by atoms with Crippen LogP contribution in [-0.4, -0.2) is 53.9 Å². The molecule has 5 heteroatoms. The zero-order valence-electron chi connectivity index (χ0n) is 15.8. The first-order valence-electron chi connectivity index (χ1n) is 9.97. The van der Waals surface area contributed by atoms with Crippen LogP contribution in [0.25, 0.3) is 0 Å². The van der Waals surface area contributed by atoms with E-state index in [1.54, 1.807) is 12.1 Å². The Hall–Kier alpha value is -2.04. The van der Waals surface area contributed by atoms with Crippen molar-refractivity contribution >= 4 is 11.8 Å². The molecule has 142 valence electrons. The van der Waals surface area contributed by atoms with Gasteiger partial charge < -0.3 is 14.5 Å². The zero-order valence-corrected chi connectivity index (χ0v) is 15.8. The van der Waals surface area contributed by atoms with Gasteiger partial charge in [0.15, 0.2) is 6.61 Å². The number of ether oxygens (including phenoxy) is 1. The Morgan fingerprint density at radius 1 is 1.00 bits per heavy atom. The molecule has 26 heavy (non-hydrogen) atoms. The average Bonchev–Trinajstić information content (AvgIpc) is 2.96. The van der Waals surface area contributed by atoms with Crippen molar-refractivity contribution in [3.63, 3.8) is 0 Å². The van der Waals surface area contributed by atoms with Gasteiger partial charge in [-0.3, -0.25) is 9.59 Å². The molecule has 0 saturated carbocycles. The van der Waals surface area contributed by atoms with E-state index < -0.39 is 0 Å². The fourth-order valence-electron chi connectivity index (χ4n) is 3.87. The molecule has 3 rings (SSSR count). The molecule has 0 spiro atoms. The van der Waals surface area contributed by atoms with E-state index in [-0.39, 0.29) is 24.5 Å². The number of rotatable bonds is 4. The van der Waals surface area contributed by atoms with Crippen LogP contribution < -0.4 is 4.74 Å². The Balaban J connectivity index is 1.65. The van der Waals surface area contributed by atoms with Gasteiger partial charge in [0, 0.05) is 25.7 Å². The second-order valence-electron chi connectivity index (χ2n) is 7.42. The van der Waals surface area contributed by atoms with Gasteiger partial charge in [0.1, 0.15) is 5.75 Å². The van der Waals surface area contributed by atoms with Crippen LogP contribution in [0, 0.1) is 0 Å². The number of piperidine rings is 1. The SMILES string of the molecule is CC1CCCCN1C(=O)c1ccccc1OCC(=O)N1CCCCCC1. The summed E-state index contributed by atoms with van der Waals surface area (Å²) < 4.78 is 5.80. The lowest BCUT2D eigenvalue weighted by Crippen LogP contribution is -2.42. The smallest absolute Gasteiger partial charge is 0.260 e. The predicted octanol–water partition coefficient (Wildman–Crippen LogP) is 3.48. The Kier molecular flexibility index (Phi) is 6.53. The number of hydrogen-bond acceptors (Lipinski definition) is 3. The molecule has 2 aliphatic rings. The molecule has 1 atom stereocenters. The van der Waals surface area contributed by atoms with Gasteiger partial charge >= 0.3 is 0 Å².